The van der Waals surface area contributed by atoms with Gasteiger partial charge in [-0.2, -0.15) is 0 Å². The van der Waals surface area contributed by atoms with E-state index in [-0.39, 0.29) is 6.61 Å². The van der Waals surface area contributed by atoms with Crippen LogP contribution in [0, 0.1) is 0 Å². The Hall–Kier alpha value is -2.48. The van der Waals surface area contributed by atoms with Crippen LogP contribution in [-0.2, 0) is 6.54 Å². The van der Waals surface area contributed by atoms with E-state index in [4.69, 9.17) is 18.9 Å². The van der Waals surface area contributed by atoms with Gasteiger partial charge in [0.05, 0.1) is 20.3 Å². The molecule has 2 aromatic carbocycles. The molecule has 0 aliphatic rings. The molecule has 32 heavy (non-hydrogen) atoms. The number of ether oxygens (including phenoxy) is 4. The molecular formula is C25H38N2O5. The molecule has 0 amide bonds. The second-order valence-corrected chi connectivity index (χ2v) is 8.03. The molecule has 0 saturated heterocycles. The highest BCUT2D eigenvalue weighted by molar-refractivity contribution is 5.43. The molecule has 0 aromatic heterocycles. The standard InChI is InChI=1S/C25H38N2O5/c1-6-30-22-10-7-8-11-23(22)32-19-21(28)18-27(4)17-20-12-13-24(25(16-20)29-5)31-15-9-14-26(2)3/h7-8,10-13,16,21,28H,6,9,14-15,17-19H2,1-5H3/t21-/m1/s1. The van der Waals surface area contributed by atoms with Crippen molar-refractivity contribution in [2.75, 3.05) is 61.2 Å². The lowest BCUT2D eigenvalue weighted by Gasteiger charge is -2.22. The fourth-order valence-electron chi connectivity index (χ4n) is 3.31. The largest absolute Gasteiger partial charge is 0.493 e. The average Bonchev–Trinajstić information content (AvgIpc) is 2.76. The molecule has 0 aliphatic carbocycles. The molecule has 0 heterocycles. The highest BCUT2D eigenvalue weighted by Crippen LogP contribution is 2.29. The van der Waals surface area contributed by atoms with Gasteiger partial charge in [0.25, 0.3) is 0 Å². The molecule has 2 aromatic rings. The Labute approximate surface area is 192 Å². The molecule has 1 atom stereocenters. The van der Waals surface area contributed by atoms with Crippen LogP contribution in [0.4, 0.5) is 0 Å². The Morgan fingerprint density at radius 2 is 1.59 bits per heavy atom. The van der Waals surface area contributed by atoms with Crippen molar-refractivity contribution in [1.82, 2.24) is 9.80 Å². The van der Waals surface area contributed by atoms with E-state index in [2.05, 4.69) is 23.9 Å². The molecule has 2 rings (SSSR count). The van der Waals surface area contributed by atoms with Gasteiger partial charge in [-0.15, -0.1) is 0 Å². The zero-order valence-electron chi connectivity index (χ0n) is 20.0. The van der Waals surface area contributed by atoms with E-state index in [0.29, 0.717) is 37.8 Å². The molecule has 178 valence electrons. The maximum absolute atomic E-state index is 10.4. The SMILES string of the molecule is CCOc1ccccc1OC[C@H](O)CN(C)Cc1ccc(OCCCN(C)C)c(OC)c1. The van der Waals surface area contributed by atoms with Crippen LogP contribution in [0.5, 0.6) is 23.0 Å². The Morgan fingerprint density at radius 3 is 2.25 bits per heavy atom. The molecule has 7 heteroatoms. The van der Waals surface area contributed by atoms with E-state index >= 15 is 0 Å². The van der Waals surface area contributed by atoms with Crippen LogP contribution >= 0.6 is 0 Å². The summed E-state index contributed by atoms with van der Waals surface area (Å²) in [6, 6.07) is 13.5. The Balaban J connectivity index is 1.83. The fraction of sp³-hybridized carbons (Fsp3) is 0.520. The zero-order valence-corrected chi connectivity index (χ0v) is 20.0. The molecule has 0 fully saturated rings. The summed E-state index contributed by atoms with van der Waals surface area (Å²) in [6.07, 6.45) is 0.325. The van der Waals surface area contributed by atoms with Crippen molar-refractivity contribution in [2.45, 2.75) is 26.0 Å². The first kappa shape index (κ1) is 25.8. The normalized spacial score (nSPS) is 12.1. The summed E-state index contributed by atoms with van der Waals surface area (Å²) < 4.78 is 22.7. The molecule has 0 bridgehead atoms. The van der Waals surface area contributed by atoms with Gasteiger partial charge in [0.1, 0.15) is 12.7 Å². The van der Waals surface area contributed by atoms with Crippen LogP contribution in [0.3, 0.4) is 0 Å². The number of rotatable bonds is 15. The summed E-state index contributed by atoms with van der Waals surface area (Å²) in [4.78, 5) is 4.19. The topological polar surface area (TPSA) is 63.6 Å². The van der Waals surface area contributed by atoms with Crippen LogP contribution in [0.25, 0.3) is 0 Å². The number of nitrogens with zero attached hydrogens (tertiary/aromatic N) is 2. The van der Waals surface area contributed by atoms with Crippen molar-refractivity contribution in [1.29, 1.82) is 0 Å². The lowest BCUT2D eigenvalue weighted by Crippen LogP contribution is -2.32. The van der Waals surface area contributed by atoms with Crippen molar-refractivity contribution < 1.29 is 24.1 Å². The number of hydrogen-bond acceptors (Lipinski definition) is 7. The third kappa shape index (κ3) is 8.94. The van der Waals surface area contributed by atoms with Crippen molar-refractivity contribution in [3.63, 3.8) is 0 Å². The van der Waals surface area contributed by atoms with Gasteiger partial charge in [-0.05, 0) is 64.3 Å². The van der Waals surface area contributed by atoms with Crippen molar-refractivity contribution >= 4 is 0 Å². The molecule has 0 spiro atoms. The summed E-state index contributed by atoms with van der Waals surface area (Å²) in [6.45, 7) is 5.46. The zero-order chi connectivity index (χ0) is 23.3. The fourth-order valence-corrected chi connectivity index (χ4v) is 3.31. The Morgan fingerprint density at radius 1 is 0.906 bits per heavy atom. The number of likely N-dealkylation sites (N-methyl/N-ethyl adjacent to an activating group) is 1. The van der Waals surface area contributed by atoms with Crippen LogP contribution in [0.1, 0.15) is 18.9 Å². The second-order valence-electron chi connectivity index (χ2n) is 8.03. The van der Waals surface area contributed by atoms with E-state index in [1.54, 1.807) is 7.11 Å². The molecule has 7 nitrogen and oxygen atoms in total. The minimum Gasteiger partial charge on any atom is -0.493 e. The van der Waals surface area contributed by atoms with Crippen LogP contribution < -0.4 is 18.9 Å². The van der Waals surface area contributed by atoms with Crippen molar-refractivity contribution in [2.24, 2.45) is 0 Å². The number of methoxy groups -OCH3 is 1. The third-order valence-corrected chi connectivity index (χ3v) is 4.79. The highest BCUT2D eigenvalue weighted by Gasteiger charge is 2.13. The summed E-state index contributed by atoms with van der Waals surface area (Å²) in [5.41, 5.74) is 1.08. The minimum atomic E-state index is -0.629. The van der Waals surface area contributed by atoms with E-state index in [1.807, 2.05) is 56.4 Å². The monoisotopic (exact) mass is 446 g/mol. The number of aliphatic hydroxyl groups excluding tert-OH is 1. The Kier molecular flexibility index (Phi) is 11.1. The van der Waals surface area contributed by atoms with Gasteiger partial charge in [0, 0.05) is 19.6 Å². The number of aliphatic hydroxyl groups is 1. The summed E-state index contributed by atoms with van der Waals surface area (Å²) in [5, 5.41) is 10.4. The number of benzene rings is 2. The first-order chi connectivity index (χ1) is 15.4. The molecule has 0 unspecified atom stereocenters. The lowest BCUT2D eigenvalue weighted by atomic mass is 10.2. The van der Waals surface area contributed by atoms with Gasteiger partial charge in [-0.25, -0.2) is 0 Å². The first-order valence-corrected chi connectivity index (χ1v) is 11.1. The molecular weight excluding hydrogens is 408 g/mol. The van der Waals surface area contributed by atoms with E-state index in [9.17, 15) is 5.11 Å². The van der Waals surface area contributed by atoms with Gasteiger partial charge in [0.2, 0.25) is 0 Å². The number of para-hydroxylation sites is 2. The van der Waals surface area contributed by atoms with Crippen molar-refractivity contribution in [3.8, 4) is 23.0 Å². The molecule has 1 N–H and O–H groups in total. The predicted molar refractivity (Wildman–Crippen MR) is 127 cm³/mol. The van der Waals surface area contributed by atoms with E-state index in [1.165, 1.54) is 0 Å². The first-order valence-electron chi connectivity index (χ1n) is 11.1. The van der Waals surface area contributed by atoms with E-state index in [0.717, 1.165) is 30.0 Å². The van der Waals surface area contributed by atoms with Crippen LogP contribution in [-0.4, -0.2) is 82.2 Å². The van der Waals surface area contributed by atoms with E-state index < -0.39 is 6.10 Å². The van der Waals surface area contributed by atoms with Crippen molar-refractivity contribution in [3.05, 3.63) is 48.0 Å². The number of hydrogen-bond donors (Lipinski definition) is 1. The third-order valence-electron chi connectivity index (χ3n) is 4.79. The Bertz CT molecular complexity index is 800. The summed E-state index contributed by atoms with van der Waals surface area (Å²) in [5.74, 6) is 2.80. The van der Waals surface area contributed by atoms with Gasteiger partial charge in [-0.1, -0.05) is 18.2 Å². The van der Waals surface area contributed by atoms with Gasteiger partial charge >= 0.3 is 0 Å². The second kappa shape index (κ2) is 13.8. The molecule has 0 saturated carbocycles. The molecule has 0 radical (unpaired) electrons. The summed E-state index contributed by atoms with van der Waals surface area (Å²) in [7, 11) is 7.72. The lowest BCUT2D eigenvalue weighted by molar-refractivity contribution is 0.0730. The smallest absolute Gasteiger partial charge is 0.161 e. The van der Waals surface area contributed by atoms with Gasteiger partial charge < -0.3 is 29.0 Å². The predicted octanol–water partition coefficient (Wildman–Crippen LogP) is 3.30. The highest BCUT2D eigenvalue weighted by atomic mass is 16.5. The average molecular weight is 447 g/mol. The molecule has 0 aliphatic heterocycles. The maximum atomic E-state index is 10.4. The van der Waals surface area contributed by atoms with Crippen LogP contribution in [0.15, 0.2) is 42.5 Å². The van der Waals surface area contributed by atoms with Gasteiger partial charge in [-0.3, -0.25) is 4.90 Å². The summed E-state index contributed by atoms with van der Waals surface area (Å²) >= 11 is 0. The minimum absolute atomic E-state index is 0.192. The maximum Gasteiger partial charge on any atom is 0.161 e. The quantitative estimate of drug-likeness (QED) is 0.421. The van der Waals surface area contributed by atoms with Gasteiger partial charge in [0.15, 0.2) is 23.0 Å². The van der Waals surface area contributed by atoms with Crippen LogP contribution in [0.2, 0.25) is 0 Å².